The lowest BCUT2D eigenvalue weighted by Crippen LogP contribution is -2.32. The zero-order valence-electron chi connectivity index (χ0n) is 11.0. The first-order chi connectivity index (χ1) is 10.2. The molecule has 1 aliphatic rings. The Bertz CT molecular complexity index is 707. The molecular weight excluding hydrogens is 272 g/mol. The molecule has 1 aromatic carbocycles. The lowest BCUT2D eigenvalue weighted by molar-refractivity contribution is -0.121. The van der Waals surface area contributed by atoms with Crippen molar-refractivity contribution in [1.29, 1.82) is 0 Å². The van der Waals surface area contributed by atoms with Crippen LogP contribution in [0, 0.1) is 0 Å². The van der Waals surface area contributed by atoms with E-state index >= 15 is 0 Å². The number of hydrogen-bond acceptors (Lipinski definition) is 5. The van der Waals surface area contributed by atoms with Crippen LogP contribution in [0.5, 0.6) is 0 Å². The number of hydrogen-bond donors (Lipinski definition) is 2. The van der Waals surface area contributed by atoms with Crippen molar-refractivity contribution in [2.45, 2.75) is 12.8 Å². The van der Waals surface area contributed by atoms with Crippen LogP contribution in [0.15, 0.2) is 46.4 Å². The second-order valence-electron chi connectivity index (χ2n) is 4.49. The highest BCUT2D eigenvalue weighted by molar-refractivity contribution is 6.43. The lowest BCUT2D eigenvalue weighted by atomic mass is 10.1. The zero-order valence-corrected chi connectivity index (χ0v) is 11.0. The lowest BCUT2D eigenvalue weighted by Gasteiger charge is -2.12. The highest BCUT2D eigenvalue weighted by Crippen LogP contribution is 2.22. The van der Waals surface area contributed by atoms with E-state index in [2.05, 4.69) is 20.8 Å². The Hall–Kier alpha value is -2.96. The number of oxazole rings is 1. The summed E-state index contributed by atoms with van der Waals surface area (Å²) in [7, 11) is 0. The normalized spacial score (nSPS) is 14.3. The van der Waals surface area contributed by atoms with E-state index in [1.165, 1.54) is 6.39 Å². The Balaban J connectivity index is 1.75. The molecule has 1 aliphatic heterocycles. The molecule has 7 nitrogen and oxygen atoms in total. The predicted molar refractivity (Wildman–Crippen MR) is 75.4 cm³/mol. The summed E-state index contributed by atoms with van der Waals surface area (Å²) in [5.74, 6) is 0.108. The van der Waals surface area contributed by atoms with Crippen molar-refractivity contribution in [3.63, 3.8) is 0 Å². The summed E-state index contributed by atoms with van der Waals surface area (Å²) in [5, 5.41) is 6.50. The summed E-state index contributed by atoms with van der Waals surface area (Å²) in [4.78, 5) is 26.9. The molecule has 0 fully saturated rings. The predicted octanol–water partition coefficient (Wildman–Crippen LogP) is 1.55. The van der Waals surface area contributed by atoms with Crippen molar-refractivity contribution in [1.82, 2.24) is 10.4 Å². The zero-order chi connectivity index (χ0) is 14.7. The number of benzene rings is 1. The van der Waals surface area contributed by atoms with Crippen LogP contribution < -0.4 is 10.7 Å². The maximum Gasteiger partial charge on any atom is 0.271 e. The molecule has 21 heavy (non-hydrogen) atoms. The maximum atomic E-state index is 12.0. The van der Waals surface area contributed by atoms with Crippen LogP contribution in [-0.2, 0) is 9.59 Å². The van der Waals surface area contributed by atoms with Gasteiger partial charge >= 0.3 is 0 Å². The first-order valence-corrected chi connectivity index (χ1v) is 6.38. The van der Waals surface area contributed by atoms with Crippen molar-refractivity contribution in [2.24, 2.45) is 5.10 Å². The highest BCUT2D eigenvalue weighted by Gasteiger charge is 2.18. The molecule has 3 rings (SSSR count). The minimum atomic E-state index is -0.329. The SMILES string of the molecule is O=C1CCC(C(=O)Nc2cccc(-c3cnco3)c2)=NN1. The fourth-order valence-electron chi connectivity index (χ4n) is 1.95. The molecule has 2 heterocycles. The molecule has 0 saturated heterocycles. The summed E-state index contributed by atoms with van der Waals surface area (Å²) in [6, 6.07) is 7.20. The number of nitrogens with zero attached hydrogens (tertiary/aromatic N) is 2. The second kappa shape index (κ2) is 5.58. The molecular formula is C14H12N4O3. The third-order valence-electron chi connectivity index (χ3n) is 3.00. The topological polar surface area (TPSA) is 96.6 Å². The van der Waals surface area contributed by atoms with Gasteiger partial charge in [-0.05, 0) is 12.1 Å². The molecule has 0 aliphatic carbocycles. The summed E-state index contributed by atoms with van der Waals surface area (Å²) < 4.78 is 5.21. The van der Waals surface area contributed by atoms with Gasteiger partial charge < -0.3 is 9.73 Å². The van der Waals surface area contributed by atoms with Gasteiger partial charge in [0, 0.05) is 24.1 Å². The van der Waals surface area contributed by atoms with Crippen molar-refractivity contribution in [3.8, 4) is 11.3 Å². The standard InChI is InChI=1S/C14H12N4O3/c19-13-5-4-11(17-18-13)14(20)16-10-3-1-2-9(6-10)12-7-15-8-21-12/h1-3,6-8H,4-5H2,(H,16,20)(H,18,19). The van der Waals surface area contributed by atoms with Crippen molar-refractivity contribution in [2.75, 3.05) is 5.32 Å². The largest absolute Gasteiger partial charge is 0.444 e. The number of hydrazone groups is 1. The Kier molecular flexibility index (Phi) is 3.46. The first-order valence-electron chi connectivity index (χ1n) is 6.38. The molecule has 7 heteroatoms. The van der Waals surface area contributed by atoms with Crippen molar-refractivity contribution < 1.29 is 14.0 Å². The highest BCUT2D eigenvalue weighted by atomic mass is 16.3. The summed E-state index contributed by atoms with van der Waals surface area (Å²) >= 11 is 0. The smallest absolute Gasteiger partial charge is 0.271 e. The molecule has 106 valence electrons. The van der Waals surface area contributed by atoms with Crippen molar-refractivity contribution >= 4 is 23.2 Å². The number of rotatable bonds is 3. The van der Waals surface area contributed by atoms with E-state index in [9.17, 15) is 9.59 Å². The second-order valence-corrected chi connectivity index (χ2v) is 4.49. The minimum Gasteiger partial charge on any atom is -0.444 e. The maximum absolute atomic E-state index is 12.0. The van der Waals surface area contributed by atoms with Gasteiger partial charge in [0.2, 0.25) is 5.91 Å². The number of anilines is 1. The van der Waals surface area contributed by atoms with Crippen LogP contribution in [0.4, 0.5) is 5.69 Å². The van der Waals surface area contributed by atoms with Gasteiger partial charge in [0.15, 0.2) is 12.2 Å². The van der Waals surface area contributed by atoms with Gasteiger partial charge in [0.05, 0.1) is 6.20 Å². The summed E-state index contributed by atoms with van der Waals surface area (Å²) in [5.41, 5.74) is 4.03. The van der Waals surface area contributed by atoms with Crippen LogP contribution in [-0.4, -0.2) is 22.5 Å². The van der Waals surface area contributed by atoms with E-state index in [0.29, 0.717) is 23.6 Å². The molecule has 0 spiro atoms. The number of nitrogens with one attached hydrogen (secondary N) is 2. The summed E-state index contributed by atoms with van der Waals surface area (Å²) in [6.07, 6.45) is 3.55. The van der Waals surface area contributed by atoms with E-state index in [1.807, 2.05) is 6.07 Å². The molecule has 2 N–H and O–H groups in total. The van der Waals surface area contributed by atoms with Gasteiger partial charge in [-0.2, -0.15) is 5.10 Å². The van der Waals surface area contributed by atoms with E-state index < -0.39 is 0 Å². The van der Waals surface area contributed by atoms with E-state index in [4.69, 9.17) is 4.42 Å². The number of amides is 2. The van der Waals surface area contributed by atoms with Crippen LogP contribution in [0.3, 0.4) is 0 Å². The van der Waals surface area contributed by atoms with Crippen LogP contribution in [0.1, 0.15) is 12.8 Å². The number of carbonyl (C=O) groups excluding carboxylic acids is 2. The Morgan fingerprint density at radius 2 is 2.24 bits per heavy atom. The monoisotopic (exact) mass is 284 g/mol. The van der Waals surface area contributed by atoms with Gasteiger partial charge in [-0.15, -0.1) is 0 Å². The van der Waals surface area contributed by atoms with Crippen molar-refractivity contribution in [3.05, 3.63) is 36.9 Å². The molecule has 2 aromatic rings. The van der Waals surface area contributed by atoms with Gasteiger partial charge in [-0.1, -0.05) is 12.1 Å². The van der Waals surface area contributed by atoms with Crippen LogP contribution in [0.2, 0.25) is 0 Å². The number of aromatic nitrogens is 1. The molecule has 0 unspecified atom stereocenters. The Labute approximate surface area is 120 Å². The van der Waals surface area contributed by atoms with E-state index in [1.54, 1.807) is 24.4 Å². The Morgan fingerprint density at radius 1 is 1.33 bits per heavy atom. The molecule has 0 atom stereocenters. The van der Waals surface area contributed by atoms with E-state index in [0.717, 1.165) is 5.56 Å². The fraction of sp³-hybridized carbons (Fsp3) is 0.143. The summed E-state index contributed by atoms with van der Waals surface area (Å²) in [6.45, 7) is 0. The fourth-order valence-corrected chi connectivity index (χ4v) is 1.95. The average molecular weight is 284 g/mol. The minimum absolute atomic E-state index is 0.182. The molecule has 2 amide bonds. The van der Waals surface area contributed by atoms with Gasteiger partial charge in [-0.25, -0.2) is 10.4 Å². The van der Waals surface area contributed by atoms with Gasteiger partial charge in [-0.3, -0.25) is 9.59 Å². The Morgan fingerprint density at radius 3 is 2.95 bits per heavy atom. The van der Waals surface area contributed by atoms with Gasteiger partial charge in [0.1, 0.15) is 5.71 Å². The quantitative estimate of drug-likeness (QED) is 0.893. The molecule has 0 saturated carbocycles. The third kappa shape index (κ3) is 2.97. The molecule has 1 aromatic heterocycles. The molecule has 0 radical (unpaired) electrons. The average Bonchev–Trinajstić information content (AvgIpc) is 3.02. The van der Waals surface area contributed by atoms with Crippen LogP contribution >= 0.6 is 0 Å². The third-order valence-corrected chi connectivity index (χ3v) is 3.00. The van der Waals surface area contributed by atoms with Gasteiger partial charge in [0.25, 0.3) is 5.91 Å². The molecule has 0 bridgehead atoms. The first kappa shape index (κ1) is 13.0. The van der Waals surface area contributed by atoms with E-state index in [-0.39, 0.29) is 18.2 Å². The van der Waals surface area contributed by atoms with Crippen LogP contribution in [0.25, 0.3) is 11.3 Å². The number of carbonyl (C=O) groups is 2.